The van der Waals surface area contributed by atoms with Gasteiger partial charge in [-0.05, 0) is 48.9 Å². The van der Waals surface area contributed by atoms with Crippen molar-refractivity contribution in [3.05, 3.63) is 48.5 Å². The van der Waals surface area contributed by atoms with Crippen molar-refractivity contribution < 1.29 is 4.79 Å². The van der Waals surface area contributed by atoms with Gasteiger partial charge in [-0.2, -0.15) is 0 Å². The Kier molecular flexibility index (Phi) is 4.37. The number of nitrogens with zero attached hydrogens (tertiary/aromatic N) is 2. The Hall–Kier alpha value is -1.98. The molecule has 3 atom stereocenters. The number of carbonyl (C=O) groups excluding carboxylic acids is 1. The zero-order chi connectivity index (χ0) is 18.4. The minimum Gasteiger partial charge on any atom is -0.342 e. The van der Waals surface area contributed by atoms with Crippen molar-refractivity contribution in [2.24, 2.45) is 17.6 Å². The number of anilines is 2. The van der Waals surface area contributed by atoms with Gasteiger partial charge in [0.25, 0.3) is 0 Å². The quantitative estimate of drug-likeness (QED) is 0.879. The zero-order valence-electron chi connectivity index (χ0n) is 15.4. The number of fused-ring (bicyclic) bond motifs is 3. The minimum absolute atomic E-state index is 0.268. The SMILES string of the molecule is NC1CCC2CN(C(=O)CCN3c4ccccc4Sc4ccccc43)CC12. The van der Waals surface area contributed by atoms with Crippen LogP contribution in [0, 0.1) is 11.8 Å². The van der Waals surface area contributed by atoms with Gasteiger partial charge in [-0.15, -0.1) is 0 Å². The number of nitrogens with two attached hydrogens (primary N) is 1. The van der Waals surface area contributed by atoms with Crippen LogP contribution >= 0.6 is 11.8 Å². The molecule has 140 valence electrons. The van der Waals surface area contributed by atoms with Gasteiger partial charge in [0.1, 0.15) is 0 Å². The molecule has 4 nitrogen and oxygen atoms in total. The summed E-state index contributed by atoms with van der Waals surface area (Å²) < 4.78 is 0. The van der Waals surface area contributed by atoms with Crippen LogP contribution in [-0.4, -0.2) is 36.5 Å². The van der Waals surface area contributed by atoms with E-state index in [-0.39, 0.29) is 11.9 Å². The summed E-state index contributed by atoms with van der Waals surface area (Å²) in [7, 11) is 0. The van der Waals surface area contributed by atoms with Crippen molar-refractivity contribution in [2.45, 2.75) is 35.1 Å². The Morgan fingerprint density at radius 2 is 1.67 bits per heavy atom. The molecule has 0 radical (unpaired) electrons. The van der Waals surface area contributed by atoms with E-state index in [0.29, 0.717) is 24.8 Å². The van der Waals surface area contributed by atoms with E-state index < -0.39 is 0 Å². The predicted octanol–water partition coefficient (Wildman–Crippen LogP) is 3.88. The molecule has 0 bridgehead atoms. The van der Waals surface area contributed by atoms with E-state index in [0.717, 1.165) is 19.5 Å². The minimum atomic E-state index is 0.268. The summed E-state index contributed by atoms with van der Waals surface area (Å²) in [6.07, 6.45) is 2.85. The summed E-state index contributed by atoms with van der Waals surface area (Å²) in [6, 6.07) is 17.2. The molecule has 27 heavy (non-hydrogen) atoms. The molecule has 1 saturated carbocycles. The lowest BCUT2D eigenvalue weighted by atomic mass is 9.98. The topological polar surface area (TPSA) is 49.6 Å². The summed E-state index contributed by atoms with van der Waals surface area (Å²) in [6.45, 7) is 2.47. The van der Waals surface area contributed by atoms with Crippen LogP contribution in [0.5, 0.6) is 0 Å². The highest BCUT2D eigenvalue weighted by molar-refractivity contribution is 7.99. The van der Waals surface area contributed by atoms with E-state index in [1.165, 1.54) is 27.6 Å². The van der Waals surface area contributed by atoms with Crippen LogP contribution in [0.2, 0.25) is 0 Å². The third-order valence-corrected chi connectivity index (χ3v) is 7.48. The third kappa shape index (κ3) is 3.03. The maximum absolute atomic E-state index is 12.9. The van der Waals surface area contributed by atoms with E-state index in [4.69, 9.17) is 5.73 Å². The van der Waals surface area contributed by atoms with Crippen LogP contribution < -0.4 is 10.6 Å². The van der Waals surface area contributed by atoms with Gasteiger partial charge >= 0.3 is 0 Å². The van der Waals surface area contributed by atoms with Gasteiger partial charge in [-0.1, -0.05) is 36.0 Å². The lowest BCUT2D eigenvalue weighted by Gasteiger charge is -2.33. The van der Waals surface area contributed by atoms with Crippen molar-refractivity contribution in [1.29, 1.82) is 0 Å². The molecule has 2 aromatic rings. The molecular weight excluding hydrogens is 354 g/mol. The highest BCUT2D eigenvalue weighted by Crippen LogP contribution is 2.47. The number of hydrogen-bond donors (Lipinski definition) is 1. The second kappa shape index (κ2) is 6.88. The lowest BCUT2D eigenvalue weighted by Crippen LogP contribution is -2.35. The van der Waals surface area contributed by atoms with Gasteiger partial charge < -0.3 is 15.5 Å². The summed E-state index contributed by atoms with van der Waals surface area (Å²) in [4.78, 5) is 19.8. The normalized spacial score (nSPS) is 25.9. The summed E-state index contributed by atoms with van der Waals surface area (Å²) in [5.74, 6) is 1.41. The first kappa shape index (κ1) is 17.1. The Bertz CT molecular complexity index is 825. The second-order valence-electron chi connectivity index (χ2n) is 7.90. The lowest BCUT2D eigenvalue weighted by molar-refractivity contribution is -0.130. The van der Waals surface area contributed by atoms with Crippen LogP contribution in [-0.2, 0) is 4.79 Å². The number of para-hydroxylation sites is 2. The van der Waals surface area contributed by atoms with Crippen molar-refractivity contribution >= 4 is 29.0 Å². The largest absolute Gasteiger partial charge is 0.342 e. The van der Waals surface area contributed by atoms with Crippen LogP contribution in [0.4, 0.5) is 11.4 Å². The number of benzene rings is 2. The molecule has 0 spiro atoms. The molecule has 0 aromatic heterocycles. The van der Waals surface area contributed by atoms with Crippen molar-refractivity contribution in [1.82, 2.24) is 4.90 Å². The van der Waals surface area contributed by atoms with E-state index in [2.05, 4.69) is 58.3 Å². The van der Waals surface area contributed by atoms with Gasteiger partial charge in [0.2, 0.25) is 5.91 Å². The van der Waals surface area contributed by atoms with Crippen LogP contribution in [0.25, 0.3) is 0 Å². The number of carbonyl (C=O) groups is 1. The van der Waals surface area contributed by atoms with Gasteiger partial charge in [0.15, 0.2) is 0 Å². The highest BCUT2D eigenvalue weighted by atomic mass is 32.2. The molecule has 2 heterocycles. The Balaban J connectivity index is 1.32. The van der Waals surface area contributed by atoms with Crippen molar-refractivity contribution in [3.8, 4) is 0 Å². The van der Waals surface area contributed by atoms with Gasteiger partial charge in [-0.25, -0.2) is 0 Å². The standard InChI is InChI=1S/C22H25N3OS/c23-17-10-9-15-13-24(14-16(15)17)22(26)11-12-25-18-5-1-3-7-20(18)27-21-8-4-2-6-19(21)25/h1-8,15-17H,9-14,23H2. The molecule has 3 aliphatic rings. The number of hydrogen-bond acceptors (Lipinski definition) is 4. The first-order valence-electron chi connectivity index (χ1n) is 9.87. The molecule has 2 N–H and O–H groups in total. The third-order valence-electron chi connectivity index (χ3n) is 6.35. The van der Waals surface area contributed by atoms with Crippen LogP contribution in [0.1, 0.15) is 19.3 Å². The maximum atomic E-state index is 12.9. The van der Waals surface area contributed by atoms with Crippen LogP contribution in [0.15, 0.2) is 58.3 Å². The monoisotopic (exact) mass is 379 g/mol. The summed E-state index contributed by atoms with van der Waals surface area (Å²) in [5, 5.41) is 0. The second-order valence-corrected chi connectivity index (χ2v) is 8.99. The molecule has 5 rings (SSSR count). The molecule has 2 fully saturated rings. The van der Waals surface area contributed by atoms with Gasteiger partial charge in [0, 0.05) is 41.9 Å². The fraction of sp³-hybridized carbons (Fsp3) is 0.409. The average molecular weight is 380 g/mol. The van der Waals surface area contributed by atoms with Crippen molar-refractivity contribution in [2.75, 3.05) is 24.5 Å². The Labute approximate surface area is 164 Å². The van der Waals surface area contributed by atoms with Crippen molar-refractivity contribution in [3.63, 3.8) is 0 Å². The smallest absolute Gasteiger partial charge is 0.224 e. The Morgan fingerprint density at radius 3 is 2.33 bits per heavy atom. The average Bonchev–Trinajstić information content (AvgIpc) is 3.27. The van der Waals surface area contributed by atoms with Crippen LogP contribution in [0.3, 0.4) is 0 Å². The fourth-order valence-corrected chi connectivity index (χ4v) is 5.99. The molecule has 1 amide bonds. The molecule has 2 aromatic carbocycles. The van der Waals surface area contributed by atoms with Gasteiger partial charge in [-0.3, -0.25) is 4.79 Å². The Morgan fingerprint density at radius 1 is 1.00 bits per heavy atom. The summed E-state index contributed by atoms with van der Waals surface area (Å²) >= 11 is 1.81. The molecule has 1 aliphatic carbocycles. The predicted molar refractivity (Wildman–Crippen MR) is 109 cm³/mol. The number of rotatable bonds is 3. The molecule has 5 heteroatoms. The zero-order valence-corrected chi connectivity index (χ0v) is 16.2. The molecule has 1 saturated heterocycles. The highest BCUT2D eigenvalue weighted by Gasteiger charge is 2.42. The number of amides is 1. The fourth-order valence-electron chi connectivity index (χ4n) is 4.90. The van der Waals surface area contributed by atoms with E-state index in [1.54, 1.807) is 11.8 Å². The van der Waals surface area contributed by atoms with E-state index in [1.807, 2.05) is 0 Å². The maximum Gasteiger partial charge on any atom is 0.224 e. The first-order valence-corrected chi connectivity index (χ1v) is 10.7. The molecule has 3 unspecified atom stereocenters. The molecule has 2 aliphatic heterocycles. The number of likely N-dealkylation sites (tertiary alicyclic amines) is 1. The van der Waals surface area contributed by atoms with Gasteiger partial charge in [0.05, 0.1) is 11.4 Å². The van der Waals surface area contributed by atoms with E-state index in [9.17, 15) is 4.79 Å². The first-order chi connectivity index (χ1) is 13.2. The van der Waals surface area contributed by atoms with E-state index >= 15 is 0 Å². The molecular formula is C22H25N3OS. The summed E-state index contributed by atoms with van der Waals surface area (Å²) in [5.41, 5.74) is 8.64.